The number of hydrogen-bond donors (Lipinski definition) is 1. The Labute approximate surface area is 127 Å². The van der Waals surface area contributed by atoms with Crippen LogP contribution >= 0.6 is 0 Å². The maximum atomic E-state index is 12.1. The summed E-state index contributed by atoms with van der Waals surface area (Å²) >= 11 is 0. The molecule has 3 heterocycles. The summed E-state index contributed by atoms with van der Waals surface area (Å²) in [5.74, 6) is 0. The highest BCUT2D eigenvalue weighted by Gasteiger charge is 2.23. The Kier molecular flexibility index (Phi) is 3.61. The van der Waals surface area contributed by atoms with Gasteiger partial charge in [-0.25, -0.2) is 13.4 Å². The fourth-order valence-corrected chi connectivity index (χ4v) is 3.13. The molecular weight excluding hydrogens is 306 g/mol. The number of aromatic nitrogens is 4. The molecule has 1 N–H and O–H groups in total. The van der Waals surface area contributed by atoms with Crippen LogP contribution in [0.15, 0.2) is 22.3 Å². The van der Waals surface area contributed by atoms with Crippen LogP contribution in [-0.4, -0.2) is 45.9 Å². The fourth-order valence-electron chi connectivity index (χ4n) is 2.58. The van der Waals surface area contributed by atoms with Gasteiger partial charge < -0.3 is 0 Å². The molecule has 0 bridgehead atoms. The van der Waals surface area contributed by atoms with E-state index in [1.54, 1.807) is 10.9 Å². The van der Waals surface area contributed by atoms with Crippen molar-refractivity contribution in [1.82, 2.24) is 24.6 Å². The molecule has 0 amide bonds. The SMILES string of the molecule is Cn1cc(CN2CCc3nc(S(C)(=O)=O)[nH]c(=O)c3C2)cn1. The monoisotopic (exact) mass is 323 g/mol. The normalized spacial score (nSPS) is 15.7. The maximum Gasteiger partial charge on any atom is 0.256 e. The number of sulfone groups is 1. The molecule has 0 saturated carbocycles. The number of aryl methyl sites for hydroxylation is 1. The van der Waals surface area contributed by atoms with Gasteiger partial charge in [0.1, 0.15) is 0 Å². The highest BCUT2D eigenvalue weighted by atomic mass is 32.2. The van der Waals surface area contributed by atoms with Crippen molar-refractivity contribution in [2.75, 3.05) is 12.8 Å². The molecule has 118 valence electrons. The van der Waals surface area contributed by atoms with E-state index >= 15 is 0 Å². The summed E-state index contributed by atoms with van der Waals surface area (Å²) in [4.78, 5) is 20.7. The Hall–Kier alpha value is -2.00. The van der Waals surface area contributed by atoms with Crippen LogP contribution in [-0.2, 0) is 36.4 Å². The average molecular weight is 323 g/mol. The molecule has 0 unspecified atom stereocenters. The van der Waals surface area contributed by atoms with Crippen molar-refractivity contribution in [1.29, 1.82) is 0 Å². The minimum absolute atomic E-state index is 0.253. The van der Waals surface area contributed by atoms with Crippen LogP contribution in [0.3, 0.4) is 0 Å². The number of rotatable bonds is 3. The van der Waals surface area contributed by atoms with Crippen molar-refractivity contribution in [2.45, 2.75) is 24.7 Å². The third kappa shape index (κ3) is 2.95. The van der Waals surface area contributed by atoms with Crippen LogP contribution in [0.1, 0.15) is 16.8 Å². The van der Waals surface area contributed by atoms with E-state index in [2.05, 4.69) is 20.0 Å². The largest absolute Gasteiger partial charge is 0.297 e. The van der Waals surface area contributed by atoms with Gasteiger partial charge in [0.25, 0.3) is 5.56 Å². The highest BCUT2D eigenvalue weighted by molar-refractivity contribution is 7.90. The summed E-state index contributed by atoms with van der Waals surface area (Å²) in [6, 6.07) is 0. The fraction of sp³-hybridized carbons (Fsp3) is 0.462. The summed E-state index contributed by atoms with van der Waals surface area (Å²) in [7, 11) is -1.65. The van der Waals surface area contributed by atoms with Gasteiger partial charge in [-0.3, -0.25) is 19.4 Å². The van der Waals surface area contributed by atoms with Crippen molar-refractivity contribution in [3.05, 3.63) is 39.6 Å². The van der Waals surface area contributed by atoms with Crippen molar-refractivity contribution < 1.29 is 8.42 Å². The van der Waals surface area contributed by atoms with Crippen molar-refractivity contribution >= 4 is 9.84 Å². The van der Waals surface area contributed by atoms with E-state index in [1.807, 2.05) is 13.2 Å². The van der Waals surface area contributed by atoms with Crippen LogP contribution in [0, 0.1) is 0 Å². The lowest BCUT2D eigenvalue weighted by molar-refractivity contribution is 0.241. The van der Waals surface area contributed by atoms with E-state index in [9.17, 15) is 13.2 Å². The van der Waals surface area contributed by atoms with E-state index in [0.29, 0.717) is 30.8 Å². The predicted molar refractivity (Wildman–Crippen MR) is 79.0 cm³/mol. The smallest absolute Gasteiger partial charge is 0.256 e. The summed E-state index contributed by atoms with van der Waals surface area (Å²) in [5.41, 5.74) is 1.82. The number of fused-ring (bicyclic) bond motifs is 1. The molecule has 9 heteroatoms. The molecule has 3 rings (SSSR count). The molecule has 22 heavy (non-hydrogen) atoms. The molecular formula is C13H17N5O3S. The third-order valence-corrected chi connectivity index (χ3v) is 4.54. The van der Waals surface area contributed by atoms with Gasteiger partial charge in [-0.2, -0.15) is 5.10 Å². The lowest BCUT2D eigenvalue weighted by atomic mass is 10.1. The number of nitrogens with zero attached hydrogens (tertiary/aromatic N) is 4. The van der Waals surface area contributed by atoms with E-state index in [-0.39, 0.29) is 10.7 Å². The van der Waals surface area contributed by atoms with Gasteiger partial charge in [-0.1, -0.05) is 0 Å². The Morgan fingerprint density at radius 3 is 2.82 bits per heavy atom. The number of hydrogen-bond acceptors (Lipinski definition) is 6. The molecule has 0 atom stereocenters. The molecule has 2 aromatic heterocycles. The van der Waals surface area contributed by atoms with Crippen LogP contribution in [0.2, 0.25) is 0 Å². The molecule has 0 radical (unpaired) electrons. The molecule has 1 aliphatic rings. The van der Waals surface area contributed by atoms with E-state index < -0.39 is 9.84 Å². The Bertz CT molecular complexity index is 868. The lowest BCUT2D eigenvalue weighted by Crippen LogP contribution is -2.36. The van der Waals surface area contributed by atoms with Crippen LogP contribution in [0.4, 0.5) is 0 Å². The summed E-state index contributed by atoms with van der Waals surface area (Å²) < 4.78 is 24.8. The summed E-state index contributed by atoms with van der Waals surface area (Å²) in [6.45, 7) is 1.87. The molecule has 0 aromatic carbocycles. The quantitative estimate of drug-likeness (QED) is 0.762. The first-order chi connectivity index (χ1) is 10.3. The predicted octanol–water partition coefficient (Wildman–Crippen LogP) is -0.535. The number of nitrogens with one attached hydrogen (secondary N) is 1. The molecule has 0 aliphatic carbocycles. The maximum absolute atomic E-state index is 12.1. The van der Waals surface area contributed by atoms with E-state index in [0.717, 1.165) is 18.4 Å². The second-order valence-electron chi connectivity index (χ2n) is 5.55. The molecule has 2 aromatic rings. The van der Waals surface area contributed by atoms with Gasteiger partial charge in [-0.15, -0.1) is 0 Å². The zero-order valence-electron chi connectivity index (χ0n) is 12.4. The first kappa shape index (κ1) is 14.9. The molecule has 0 fully saturated rings. The highest BCUT2D eigenvalue weighted by Crippen LogP contribution is 2.17. The van der Waals surface area contributed by atoms with Crippen LogP contribution in [0.5, 0.6) is 0 Å². The summed E-state index contributed by atoms with van der Waals surface area (Å²) in [6.07, 6.45) is 5.33. The number of H-pyrrole nitrogens is 1. The minimum Gasteiger partial charge on any atom is -0.297 e. The number of aromatic amines is 1. The summed E-state index contributed by atoms with van der Waals surface area (Å²) in [5, 5.41) is 3.87. The molecule has 0 spiro atoms. The van der Waals surface area contributed by atoms with E-state index in [4.69, 9.17) is 0 Å². The first-order valence-corrected chi connectivity index (χ1v) is 8.74. The van der Waals surface area contributed by atoms with Gasteiger partial charge in [0.2, 0.25) is 15.0 Å². The van der Waals surface area contributed by atoms with Crippen LogP contribution in [0.25, 0.3) is 0 Å². The van der Waals surface area contributed by atoms with Gasteiger partial charge in [-0.05, 0) is 0 Å². The zero-order valence-corrected chi connectivity index (χ0v) is 13.2. The van der Waals surface area contributed by atoms with Gasteiger partial charge in [0.05, 0.1) is 17.5 Å². The first-order valence-electron chi connectivity index (χ1n) is 6.85. The molecule has 0 saturated heterocycles. The second-order valence-corrected chi connectivity index (χ2v) is 7.48. The second kappa shape index (κ2) is 5.33. The van der Waals surface area contributed by atoms with Gasteiger partial charge in [0, 0.05) is 51.1 Å². The standard InChI is InChI=1S/C13H17N5O3S/c1-17-6-9(5-14-17)7-18-4-3-11-10(8-18)12(19)16-13(15-11)22(2,20)21/h5-6H,3-4,7-8H2,1-2H3,(H,15,16,19). The Morgan fingerprint density at radius 2 is 2.18 bits per heavy atom. The molecule has 1 aliphatic heterocycles. The average Bonchev–Trinajstić information content (AvgIpc) is 2.83. The van der Waals surface area contributed by atoms with Crippen molar-refractivity contribution in [3.8, 4) is 0 Å². The third-order valence-electron chi connectivity index (χ3n) is 3.64. The topological polar surface area (TPSA) is 101 Å². The Balaban J connectivity index is 1.86. The minimum atomic E-state index is -3.51. The van der Waals surface area contributed by atoms with Crippen molar-refractivity contribution in [2.24, 2.45) is 7.05 Å². The lowest BCUT2D eigenvalue weighted by Gasteiger charge is -2.27. The van der Waals surface area contributed by atoms with E-state index in [1.165, 1.54) is 0 Å². The van der Waals surface area contributed by atoms with Crippen LogP contribution < -0.4 is 5.56 Å². The van der Waals surface area contributed by atoms with Gasteiger partial charge in [0.15, 0.2) is 0 Å². The van der Waals surface area contributed by atoms with Gasteiger partial charge >= 0.3 is 0 Å². The zero-order chi connectivity index (χ0) is 15.9. The van der Waals surface area contributed by atoms with Crippen molar-refractivity contribution in [3.63, 3.8) is 0 Å². The Morgan fingerprint density at radius 1 is 1.41 bits per heavy atom. The molecule has 8 nitrogen and oxygen atoms in total.